The van der Waals surface area contributed by atoms with Crippen LogP contribution in [0.25, 0.3) is 0 Å². The van der Waals surface area contributed by atoms with Crippen molar-refractivity contribution in [2.45, 2.75) is 39.2 Å². The van der Waals surface area contributed by atoms with Gasteiger partial charge in [-0.1, -0.05) is 12.1 Å². The molecule has 5 heteroatoms. The van der Waals surface area contributed by atoms with E-state index >= 15 is 0 Å². The van der Waals surface area contributed by atoms with Crippen LogP contribution in [0.5, 0.6) is 5.75 Å². The molecule has 1 aromatic carbocycles. The van der Waals surface area contributed by atoms with Crippen LogP contribution in [-0.2, 0) is 16.1 Å². The number of hydrogen-bond donors (Lipinski definition) is 1. The number of ether oxygens (including phenoxy) is 2. The Morgan fingerprint density at radius 3 is 2.39 bits per heavy atom. The van der Waals surface area contributed by atoms with Crippen LogP contribution in [0.2, 0.25) is 0 Å². The molecule has 0 bridgehead atoms. The first-order chi connectivity index (χ1) is 10.7. The zero-order valence-electron chi connectivity index (χ0n) is 14.0. The number of methoxy groups -OCH3 is 1. The molecule has 0 spiro atoms. The molecule has 1 aliphatic rings. The van der Waals surface area contributed by atoms with Crippen molar-refractivity contribution in [3.8, 4) is 5.75 Å². The summed E-state index contributed by atoms with van der Waals surface area (Å²) in [4.78, 5) is 11.7. The molecule has 0 heterocycles. The maximum Gasteiger partial charge on any atom is 0.308 e. The number of benzene rings is 1. The monoisotopic (exact) mass is 341 g/mol. The Morgan fingerprint density at radius 1 is 1.17 bits per heavy atom. The average molecular weight is 342 g/mol. The number of nitrogens with one attached hydrogen (secondary N) is 1. The molecule has 0 atom stereocenters. The second kappa shape index (κ2) is 10.5. The van der Waals surface area contributed by atoms with Crippen LogP contribution < -0.4 is 10.1 Å². The van der Waals surface area contributed by atoms with Crippen molar-refractivity contribution in [1.82, 2.24) is 5.32 Å². The maximum absolute atomic E-state index is 11.7. The van der Waals surface area contributed by atoms with E-state index in [1.165, 1.54) is 5.56 Å². The first kappa shape index (κ1) is 19.8. The van der Waals surface area contributed by atoms with Gasteiger partial charge in [0.25, 0.3) is 0 Å². The second-order valence-corrected chi connectivity index (χ2v) is 5.95. The third-order valence-electron chi connectivity index (χ3n) is 4.39. The standard InChI is InChI=1S/C18H27NO3.ClH/c1-3-22-18(20)16-8-4-14(5-9-16)12-19-13-15-6-10-17(21-2)11-7-15;/h6-7,10-11,14,16,19H,3-5,8-9,12-13H2,1-2H3;1H. The summed E-state index contributed by atoms with van der Waals surface area (Å²) in [6, 6.07) is 8.15. The molecule has 2 rings (SSSR count). The predicted molar refractivity (Wildman–Crippen MR) is 94.0 cm³/mol. The molecule has 23 heavy (non-hydrogen) atoms. The molecular formula is C18H28ClNO3. The normalized spacial score (nSPS) is 20.4. The van der Waals surface area contributed by atoms with Crippen LogP contribution in [0, 0.1) is 11.8 Å². The highest BCUT2D eigenvalue weighted by Gasteiger charge is 2.26. The molecular weight excluding hydrogens is 314 g/mol. The summed E-state index contributed by atoms with van der Waals surface area (Å²) in [6.07, 6.45) is 4.15. The molecule has 1 N–H and O–H groups in total. The third-order valence-corrected chi connectivity index (χ3v) is 4.39. The van der Waals surface area contributed by atoms with Gasteiger partial charge in [0.2, 0.25) is 0 Å². The van der Waals surface area contributed by atoms with E-state index in [9.17, 15) is 4.79 Å². The van der Waals surface area contributed by atoms with E-state index in [0.29, 0.717) is 12.5 Å². The minimum atomic E-state index is -0.00728. The number of hydrogen-bond acceptors (Lipinski definition) is 4. The smallest absolute Gasteiger partial charge is 0.308 e. The largest absolute Gasteiger partial charge is 0.497 e. The first-order valence-electron chi connectivity index (χ1n) is 8.23. The van der Waals surface area contributed by atoms with E-state index < -0.39 is 0 Å². The summed E-state index contributed by atoms with van der Waals surface area (Å²) in [5.41, 5.74) is 1.26. The van der Waals surface area contributed by atoms with Gasteiger partial charge in [-0.3, -0.25) is 4.79 Å². The highest BCUT2D eigenvalue weighted by molar-refractivity contribution is 5.85. The van der Waals surface area contributed by atoms with Gasteiger partial charge in [0, 0.05) is 6.54 Å². The van der Waals surface area contributed by atoms with Gasteiger partial charge in [0.15, 0.2) is 0 Å². The lowest BCUT2D eigenvalue weighted by molar-refractivity contribution is -0.149. The molecule has 4 nitrogen and oxygen atoms in total. The summed E-state index contributed by atoms with van der Waals surface area (Å²) in [5, 5.41) is 3.52. The second-order valence-electron chi connectivity index (χ2n) is 5.95. The Morgan fingerprint density at radius 2 is 1.83 bits per heavy atom. The molecule has 1 aliphatic carbocycles. The van der Waals surface area contributed by atoms with Crippen molar-refractivity contribution in [2.24, 2.45) is 11.8 Å². The van der Waals surface area contributed by atoms with E-state index in [4.69, 9.17) is 9.47 Å². The van der Waals surface area contributed by atoms with Crippen LogP contribution in [-0.4, -0.2) is 26.2 Å². The van der Waals surface area contributed by atoms with Gasteiger partial charge in [-0.2, -0.15) is 0 Å². The van der Waals surface area contributed by atoms with Crippen molar-refractivity contribution in [1.29, 1.82) is 0 Å². The highest BCUT2D eigenvalue weighted by atomic mass is 35.5. The molecule has 130 valence electrons. The quantitative estimate of drug-likeness (QED) is 0.770. The van der Waals surface area contributed by atoms with Gasteiger partial charge < -0.3 is 14.8 Å². The van der Waals surface area contributed by atoms with Crippen molar-refractivity contribution in [3.63, 3.8) is 0 Å². The van der Waals surface area contributed by atoms with Crippen LogP contribution in [0.15, 0.2) is 24.3 Å². The predicted octanol–water partition coefficient (Wildman–Crippen LogP) is 3.58. The van der Waals surface area contributed by atoms with Crippen molar-refractivity contribution < 1.29 is 14.3 Å². The molecule has 0 saturated heterocycles. The summed E-state index contributed by atoms with van der Waals surface area (Å²) in [7, 11) is 1.68. The molecule has 0 unspecified atom stereocenters. The Hall–Kier alpha value is -1.26. The lowest BCUT2D eigenvalue weighted by Gasteiger charge is -2.27. The molecule has 1 aromatic rings. The SMILES string of the molecule is CCOC(=O)C1CCC(CNCc2ccc(OC)cc2)CC1.Cl. The maximum atomic E-state index is 11.7. The van der Waals surface area contributed by atoms with Gasteiger partial charge in [0.05, 0.1) is 19.6 Å². The zero-order chi connectivity index (χ0) is 15.8. The van der Waals surface area contributed by atoms with Gasteiger partial charge in [0.1, 0.15) is 5.75 Å². The Balaban J connectivity index is 0.00000264. The molecule has 0 aliphatic heterocycles. The van der Waals surface area contributed by atoms with Crippen molar-refractivity contribution in [3.05, 3.63) is 29.8 Å². The fraction of sp³-hybridized carbons (Fsp3) is 0.611. The summed E-state index contributed by atoms with van der Waals surface area (Å²) >= 11 is 0. The minimum Gasteiger partial charge on any atom is -0.497 e. The number of esters is 1. The van der Waals surface area contributed by atoms with Gasteiger partial charge >= 0.3 is 5.97 Å². The number of halogens is 1. The van der Waals surface area contributed by atoms with Crippen LogP contribution in [0.4, 0.5) is 0 Å². The highest BCUT2D eigenvalue weighted by Crippen LogP contribution is 2.29. The fourth-order valence-electron chi connectivity index (χ4n) is 3.03. The average Bonchev–Trinajstić information content (AvgIpc) is 2.56. The fourth-order valence-corrected chi connectivity index (χ4v) is 3.03. The lowest BCUT2D eigenvalue weighted by atomic mass is 9.82. The van der Waals surface area contributed by atoms with Crippen LogP contribution in [0.1, 0.15) is 38.2 Å². The number of rotatable bonds is 7. The molecule has 1 fully saturated rings. The lowest BCUT2D eigenvalue weighted by Crippen LogP contribution is -2.29. The topological polar surface area (TPSA) is 47.6 Å². The molecule has 0 aromatic heterocycles. The first-order valence-corrected chi connectivity index (χ1v) is 8.23. The number of carbonyl (C=O) groups is 1. The Kier molecular flexibility index (Phi) is 9.03. The third kappa shape index (κ3) is 6.40. The number of carbonyl (C=O) groups excluding carboxylic acids is 1. The molecule has 0 radical (unpaired) electrons. The minimum absolute atomic E-state index is 0. The summed E-state index contributed by atoms with van der Waals surface area (Å²) in [5.74, 6) is 1.68. The van der Waals surface area contributed by atoms with Gasteiger partial charge in [-0.25, -0.2) is 0 Å². The zero-order valence-corrected chi connectivity index (χ0v) is 14.9. The van der Waals surface area contributed by atoms with Gasteiger partial charge in [-0.15, -0.1) is 12.4 Å². The van der Waals surface area contributed by atoms with Crippen LogP contribution in [0.3, 0.4) is 0 Å². The Bertz CT molecular complexity index is 456. The van der Waals surface area contributed by atoms with E-state index in [2.05, 4.69) is 17.4 Å². The Labute approximate surface area is 145 Å². The van der Waals surface area contributed by atoms with Crippen LogP contribution >= 0.6 is 12.4 Å². The van der Waals surface area contributed by atoms with E-state index in [1.807, 2.05) is 19.1 Å². The molecule has 0 amide bonds. The summed E-state index contributed by atoms with van der Waals surface area (Å²) < 4.78 is 10.3. The summed E-state index contributed by atoms with van der Waals surface area (Å²) in [6.45, 7) is 4.25. The van der Waals surface area contributed by atoms with Crippen molar-refractivity contribution >= 4 is 18.4 Å². The van der Waals surface area contributed by atoms with Gasteiger partial charge in [-0.05, 0) is 62.8 Å². The molecule has 1 saturated carbocycles. The van der Waals surface area contributed by atoms with E-state index in [1.54, 1.807) is 7.11 Å². The van der Waals surface area contributed by atoms with Crippen molar-refractivity contribution in [2.75, 3.05) is 20.3 Å². The van der Waals surface area contributed by atoms with E-state index in [-0.39, 0.29) is 24.3 Å². The van der Waals surface area contributed by atoms with E-state index in [0.717, 1.165) is 44.5 Å².